The van der Waals surface area contributed by atoms with Gasteiger partial charge in [0.05, 0.1) is 5.41 Å². The van der Waals surface area contributed by atoms with Crippen LogP contribution in [0.3, 0.4) is 0 Å². The Morgan fingerprint density at radius 2 is 1.62 bits per heavy atom. The van der Waals surface area contributed by atoms with Gasteiger partial charge in [0.1, 0.15) is 0 Å². The number of nitrogens with zero attached hydrogens (tertiary/aromatic N) is 2. The maximum Gasteiger partial charge on any atom is 0.317 e. The first-order valence-corrected chi connectivity index (χ1v) is 10.6. The van der Waals surface area contributed by atoms with Gasteiger partial charge in [-0.1, -0.05) is 30.3 Å². The smallest absolute Gasteiger partial charge is 0.317 e. The van der Waals surface area contributed by atoms with E-state index in [-0.39, 0.29) is 36.5 Å². The van der Waals surface area contributed by atoms with E-state index >= 15 is 0 Å². The van der Waals surface area contributed by atoms with Crippen LogP contribution in [0.5, 0.6) is 0 Å². The summed E-state index contributed by atoms with van der Waals surface area (Å²) in [6.45, 7) is 6.45. The van der Waals surface area contributed by atoms with Crippen LogP contribution >= 0.6 is 0 Å². The molecule has 2 heterocycles. The second-order valence-corrected chi connectivity index (χ2v) is 8.46. The summed E-state index contributed by atoms with van der Waals surface area (Å²) in [7, 11) is 0. The lowest BCUT2D eigenvalue weighted by Crippen LogP contribution is -2.51. The number of carbonyl (C=O) groups is 3. The summed E-state index contributed by atoms with van der Waals surface area (Å²) < 4.78 is 5.61. The Hall–Kier alpha value is -2.37. The Balaban J connectivity index is 1.72. The maximum atomic E-state index is 13.3. The number of hydrogen-bond donors (Lipinski definition) is 0. The van der Waals surface area contributed by atoms with Crippen LogP contribution < -0.4 is 0 Å². The van der Waals surface area contributed by atoms with Gasteiger partial charge in [-0.25, -0.2) is 0 Å². The molecule has 2 aliphatic heterocycles. The molecule has 0 radical (unpaired) electrons. The summed E-state index contributed by atoms with van der Waals surface area (Å²) in [6, 6.07) is 9.94. The molecule has 158 valence electrons. The molecule has 0 saturated carbocycles. The number of likely N-dealkylation sites (tertiary alicyclic amines) is 2. The van der Waals surface area contributed by atoms with Crippen LogP contribution in [0.2, 0.25) is 0 Å². The predicted octanol–water partition coefficient (Wildman–Crippen LogP) is 2.90. The minimum absolute atomic E-state index is 0.0169. The van der Waals surface area contributed by atoms with Crippen molar-refractivity contribution in [3.63, 3.8) is 0 Å². The number of rotatable bonds is 4. The van der Waals surface area contributed by atoms with E-state index in [9.17, 15) is 14.4 Å². The molecule has 0 bridgehead atoms. The highest BCUT2D eigenvalue weighted by molar-refractivity contribution is 5.87. The van der Waals surface area contributed by atoms with Crippen LogP contribution in [0.15, 0.2) is 30.3 Å². The lowest BCUT2D eigenvalue weighted by atomic mass is 9.72. The van der Waals surface area contributed by atoms with Gasteiger partial charge in [0.15, 0.2) is 6.61 Å². The van der Waals surface area contributed by atoms with Gasteiger partial charge in [-0.2, -0.15) is 0 Å². The van der Waals surface area contributed by atoms with Crippen molar-refractivity contribution < 1.29 is 19.1 Å². The first-order chi connectivity index (χ1) is 13.8. The Morgan fingerprint density at radius 3 is 2.17 bits per heavy atom. The van der Waals surface area contributed by atoms with E-state index in [0.717, 1.165) is 24.8 Å². The summed E-state index contributed by atoms with van der Waals surface area (Å²) in [5.41, 5.74) is 0.0763. The standard InChI is InChI=1S/C23H32N2O4/c1-17-8-7-9-18(2)25(17)21(27)16-29-22(28)23(20-10-5-4-6-11-20)12-14-24(15-13-23)19(3)26/h4-6,10-11,17-18H,7-9,12-16H2,1-3H3/t17-,18+. The first-order valence-electron chi connectivity index (χ1n) is 10.6. The van der Waals surface area contributed by atoms with Crippen molar-refractivity contribution in [1.82, 2.24) is 9.80 Å². The minimum atomic E-state index is -0.813. The molecular weight excluding hydrogens is 368 g/mol. The summed E-state index contributed by atoms with van der Waals surface area (Å²) in [5.74, 6) is -0.469. The molecular formula is C23H32N2O4. The summed E-state index contributed by atoms with van der Waals surface area (Å²) in [5, 5.41) is 0. The number of piperidine rings is 2. The normalized spacial score (nSPS) is 24.1. The molecule has 6 heteroatoms. The van der Waals surface area contributed by atoms with Crippen LogP contribution in [-0.4, -0.2) is 59.4 Å². The number of esters is 1. The molecule has 3 rings (SSSR count). The monoisotopic (exact) mass is 400 g/mol. The van der Waals surface area contributed by atoms with Gasteiger partial charge in [-0.3, -0.25) is 14.4 Å². The van der Waals surface area contributed by atoms with Crippen molar-refractivity contribution in [2.24, 2.45) is 0 Å². The van der Waals surface area contributed by atoms with Crippen LogP contribution in [0.1, 0.15) is 58.4 Å². The van der Waals surface area contributed by atoms with Gasteiger partial charge in [-0.05, 0) is 51.5 Å². The van der Waals surface area contributed by atoms with Crippen LogP contribution in [-0.2, 0) is 24.5 Å². The maximum absolute atomic E-state index is 13.3. The fourth-order valence-electron chi connectivity index (χ4n) is 4.82. The molecule has 6 nitrogen and oxygen atoms in total. The van der Waals surface area contributed by atoms with E-state index in [4.69, 9.17) is 4.74 Å². The van der Waals surface area contributed by atoms with E-state index in [2.05, 4.69) is 13.8 Å². The van der Waals surface area contributed by atoms with Crippen LogP contribution in [0, 0.1) is 0 Å². The molecule has 0 aliphatic carbocycles. The number of hydrogen-bond acceptors (Lipinski definition) is 4. The highest BCUT2D eigenvalue weighted by Crippen LogP contribution is 2.37. The first kappa shape index (κ1) is 21.3. The van der Waals surface area contributed by atoms with Crippen molar-refractivity contribution >= 4 is 17.8 Å². The molecule has 1 aromatic rings. The fourth-order valence-corrected chi connectivity index (χ4v) is 4.82. The van der Waals surface area contributed by atoms with E-state index in [1.165, 1.54) is 0 Å². The van der Waals surface area contributed by atoms with E-state index in [1.807, 2.05) is 35.2 Å². The number of ether oxygens (including phenoxy) is 1. The molecule has 29 heavy (non-hydrogen) atoms. The second-order valence-electron chi connectivity index (χ2n) is 8.46. The number of carbonyl (C=O) groups excluding carboxylic acids is 3. The molecule has 0 spiro atoms. The van der Waals surface area contributed by atoms with Crippen molar-refractivity contribution in [3.05, 3.63) is 35.9 Å². The third-order valence-corrected chi connectivity index (χ3v) is 6.59. The fraction of sp³-hybridized carbons (Fsp3) is 0.609. The SMILES string of the molecule is CC(=O)N1CCC(C(=O)OCC(=O)N2[C@H](C)CCC[C@@H]2C)(c2ccccc2)CC1. The Morgan fingerprint density at radius 1 is 1.03 bits per heavy atom. The molecule has 2 saturated heterocycles. The minimum Gasteiger partial charge on any atom is -0.455 e. The summed E-state index contributed by atoms with van der Waals surface area (Å²) in [4.78, 5) is 41.4. The van der Waals surface area contributed by atoms with Crippen molar-refractivity contribution in [1.29, 1.82) is 0 Å². The molecule has 2 atom stereocenters. The van der Waals surface area contributed by atoms with Crippen molar-refractivity contribution in [3.8, 4) is 0 Å². The highest BCUT2D eigenvalue weighted by Gasteiger charge is 2.45. The Kier molecular flexibility index (Phi) is 6.60. The summed E-state index contributed by atoms with van der Waals surface area (Å²) >= 11 is 0. The zero-order valence-corrected chi connectivity index (χ0v) is 17.7. The van der Waals surface area contributed by atoms with Gasteiger partial charge in [0, 0.05) is 32.1 Å². The molecule has 1 aromatic carbocycles. The average molecular weight is 401 g/mol. The van der Waals surface area contributed by atoms with Crippen molar-refractivity contribution in [2.75, 3.05) is 19.7 Å². The molecule has 2 amide bonds. The lowest BCUT2D eigenvalue weighted by Gasteiger charge is -2.41. The third kappa shape index (κ3) is 4.46. The highest BCUT2D eigenvalue weighted by atomic mass is 16.5. The quantitative estimate of drug-likeness (QED) is 0.729. The molecule has 2 aliphatic rings. The second kappa shape index (κ2) is 8.97. The molecule has 0 aromatic heterocycles. The zero-order valence-electron chi connectivity index (χ0n) is 17.7. The van der Waals surface area contributed by atoms with E-state index in [0.29, 0.717) is 25.9 Å². The average Bonchev–Trinajstić information content (AvgIpc) is 2.72. The van der Waals surface area contributed by atoms with Crippen LogP contribution in [0.25, 0.3) is 0 Å². The number of benzene rings is 1. The zero-order chi connectivity index (χ0) is 21.0. The Bertz CT molecular complexity index is 731. The van der Waals surface area contributed by atoms with Gasteiger partial charge in [0.2, 0.25) is 5.91 Å². The molecule has 0 N–H and O–H groups in total. The molecule has 0 unspecified atom stereocenters. The summed E-state index contributed by atoms with van der Waals surface area (Å²) in [6.07, 6.45) is 4.09. The topological polar surface area (TPSA) is 66.9 Å². The van der Waals surface area contributed by atoms with Gasteiger partial charge in [0.25, 0.3) is 5.91 Å². The van der Waals surface area contributed by atoms with Crippen LogP contribution in [0.4, 0.5) is 0 Å². The van der Waals surface area contributed by atoms with Crippen molar-refractivity contribution in [2.45, 2.75) is 70.4 Å². The molecule has 2 fully saturated rings. The van der Waals surface area contributed by atoms with Gasteiger partial charge >= 0.3 is 5.97 Å². The van der Waals surface area contributed by atoms with Gasteiger partial charge in [-0.15, -0.1) is 0 Å². The lowest BCUT2D eigenvalue weighted by molar-refractivity contribution is -0.161. The van der Waals surface area contributed by atoms with Gasteiger partial charge < -0.3 is 14.5 Å². The predicted molar refractivity (Wildman–Crippen MR) is 110 cm³/mol. The number of amides is 2. The largest absolute Gasteiger partial charge is 0.455 e. The Labute approximate surface area is 173 Å². The third-order valence-electron chi connectivity index (χ3n) is 6.59. The van der Waals surface area contributed by atoms with E-state index in [1.54, 1.807) is 11.8 Å². The van der Waals surface area contributed by atoms with E-state index < -0.39 is 5.41 Å².